The molecule has 2 fully saturated rings. The molecular formula is C14H20N2O. The number of benzene rings is 1. The lowest BCUT2D eigenvalue weighted by atomic mass is 10.0. The number of nitrogens with zero attached hydrogens (tertiary/aromatic N) is 1. The van der Waals surface area contributed by atoms with Gasteiger partial charge in [0.05, 0.1) is 13.2 Å². The van der Waals surface area contributed by atoms with Gasteiger partial charge < -0.3 is 10.1 Å². The topological polar surface area (TPSA) is 24.5 Å². The van der Waals surface area contributed by atoms with Gasteiger partial charge >= 0.3 is 0 Å². The highest BCUT2D eigenvalue weighted by molar-refractivity contribution is 5.20. The average Bonchev–Trinajstić information content (AvgIpc) is 2.62. The van der Waals surface area contributed by atoms with Gasteiger partial charge in [0.15, 0.2) is 0 Å². The summed E-state index contributed by atoms with van der Waals surface area (Å²) in [5.74, 6) is 0. The van der Waals surface area contributed by atoms with Gasteiger partial charge in [-0.3, -0.25) is 4.90 Å². The first kappa shape index (κ1) is 11.2. The van der Waals surface area contributed by atoms with Gasteiger partial charge in [-0.2, -0.15) is 0 Å². The van der Waals surface area contributed by atoms with Crippen LogP contribution >= 0.6 is 0 Å². The lowest BCUT2D eigenvalue weighted by molar-refractivity contribution is -0.0249. The molecule has 1 N–H and O–H groups in total. The van der Waals surface area contributed by atoms with Gasteiger partial charge in [0.1, 0.15) is 0 Å². The standard InChI is InChI=1S/C14H20N2O/c1-2-4-12(5-3-1)14-10-15-7-6-13-11-17-9-8-16(13)14/h1-5,13-15H,6-11H2. The Morgan fingerprint density at radius 2 is 2.12 bits per heavy atom. The highest BCUT2D eigenvalue weighted by Gasteiger charge is 2.31. The minimum absolute atomic E-state index is 0.507. The van der Waals surface area contributed by atoms with Crippen molar-refractivity contribution in [3.05, 3.63) is 35.9 Å². The normalized spacial score (nSPS) is 30.6. The van der Waals surface area contributed by atoms with Crippen LogP contribution in [-0.2, 0) is 4.74 Å². The van der Waals surface area contributed by atoms with Gasteiger partial charge in [-0.05, 0) is 18.5 Å². The molecule has 0 spiro atoms. The first-order valence-electron chi connectivity index (χ1n) is 6.54. The number of rotatable bonds is 1. The quantitative estimate of drug-likeness (QED) is 0.792. The Balaban J connectivity index is 1.85. The maximum absolute atomic E-state index is 5.61. The zero-order valence-corrected chi connectivity index (χ0v) is 10.1. The minimum atomic E-state index is 0.507. The first-order chi connectivity index (χ1) is 8.45. The molecule has 3 heteroatoms. The summed E-state index contributed by atoms with van der Waals surface area (Å²) < 4.78 is 5.61. The molecule has 0 amide bonds. The molecule has 17 heavy (non-hydrogen) atoms. The average molecular weight is 232 g/mol. The molecule has 0 aliphatic carbocycles. The number of hydrogen-bond donors (Lipinski definition) is 1. The molecule has 0 aromatic heterocycles. The third-order valence-electron chi connectivity index (χ3n) is 3.85. The lowest BCUT2D eigenvalue weighted by Crippen LogP contribution is -2.47. The Labute approximate surface area is 103 Å². The van der Waals surface area contributed by atoms with Crippen molar-refractivity contribution >= 4 is 0 Å². The van der Waals surface area contributed by atoms with Crippen molar-refractivity contribution in [2.24, 2.45) is 0 Å². The van der Waals surface area contributed by atoms with Crippen LogP contribution in [0.5, 0.6) is 0 Å². The lowest BCUT2D eigenvalue weighted by Gasteiger charge is -2.39. The fourth-order valence-corrected chi connectivity index (χ4v) is 2.94. The van der Waals surface area contributed by atoms with Crippen LogP contribution < -0.4 is 5.32 Å². The predicted molar refractivity (Wildman–Crippen MR) is 68.0 cm³/mol. The van der Waals surface area contributed by atoms with Gasteiger partial charge in [-0.1, -0.05) is 30.3 Å². The molecule has 92 valence electrons. The number of morpholine rings is 1. The second kappa shape index (κ2) is 5.17. The van der Waals surface area contributed by atoms with E-state index in [4.69, 9.17) is 4.74 Å². The third-order valence-corrected chi connectivity index (χ3v) is 3.85. The van der Waals surface area contributed by atoms with E-state index in [9.17, 15) is 0 Å². The van der Waals surface area contributed by atoms with E-state index >= 15 is 0 Å². The van der Waals surface area contributed by atoms with E-state index in [1.54, 1.807) is 0 Å². The van der Waals surface area contributed by atoms with Crippen molar-refractivity contribution in [1.29, 1.82) is 0 Å². The van der Waals surface area contributed by atoms with Crippen molar-refractivity contribution in [2.75, 3.05) is 32.8 Å². The fraction of sp³-hybridized carbons (Fsp3) is 0.571. The smallest absolute Gasteiger partial charge is 0.0623 e. The van der Waals surface area contributed by atoms with Gasteiger partial charge in [-0.25, -0.2) is 0 Å². The highest BCUT2D eigenvalue weighted by Crippen LogP contribution is 2.27. The fourth-order valence-electron chi connectivity index (χ4n) is 2.94. The van der Waals surface area contributed by atoms with E-state index in [1.807, 2.05) is 0 Å². The Kier molecular flexibility index (Phi) is 3.41. The maximum Gasteiger partial charge on any atom is 0.0623 e. The molecular weight excluding hydrogens is 212 g/mol. The summed E-state index contributed by atoms with van der Waals surface area (Å²) in [6.07, 6.45) is 1.20. The molecule has 3 rings (SSSR count). The molecule has 2 unspecified atom stereocenters. The van der Waals surface area contributed by atoms with Crippen molar-refractivity contribution in [3.8, 4) is 0 Å². The Morgan fingerprint density at radius 1 is 1.24 bits per heavy atom. The molecule has 0 bridgehead atoms. The number of nitrogens with one attached hydrogen (secondary N) is 1. The summed E-state index contributed by atoms with van der Waals surface area (Å²) in [6, 6.07) is 11.9. The van der Waals surface area contributed by atoms with Gasteiger partial charge in [0, 0.05) is 25.2 Å². The summed E-state index contributed by atoms with van der Waals surface area (Å²) in [5.41, 5.74) is 1.42. The van der Waals surface area contributed by atoms with E-state index in [1.165, 1.54) is 12.0 Å². The summed E-state index contributed by atoms with van der Waals surface area (Å²) in [4.78, 5) is 2.62. The number of fused-ring (bicyclic) bond motifs is 1. The van der Waals surface area contributed by atoms with E-state index in [2.05, 4.69) is 40.5 Å². The maximum atomic E-state index is 5.61. The zero-order chi connectivity index (χ0) is 11.5. The van der Waals surface area contributed by atoms with E-state index in [-0.39, 0.29) is 0 Å². The van der Waals surface area contributed by atoms with Crippen LogP contribution in [0.3, 0.4) is 0 Å². The molecule has 2 aliphatic rings. The van der Waals surface area contributed by atoms with Crippen LogP contribution in [0.4, 0.5) is 0 Å². The van der Waals surface area contributed by atoms with Gasteiger partial charge in [0.2, 0.25) is 0 Å². The molecule has 0 radical (unpaired) electrons. The second-order valence-electron chi connectivity index (χ2n) is 4.89. The highest BCUT2D eigenvalue weighted by atomic mass is 16.5. The van der Waals surface area contributed by atoms with Crippen LogP contribution in [-0.4, -0.2) is 43.8 Å². The molecule has 2 aliphatic heterocycles. The van der Waals surface area contributed by atoms with Crippen LogP contribution in [0, 0.1) is 0 Å². The molecule has 1 aromatic rings. The minimum Gasteiger partial charge on any atom is -0.378 e. The first-order valence-corrected chi connectivity index (χ1v) is 6.54. The van der Waals surface area contributed by atoms with E-state index in [0.29, 0.717) is 12.1 Å². The predicted octanol–water partition coefficient (Wildman–Crippen LogP) is 1.42. The third kappa shape index (κ3) is 2.37. The number of hydrogen-bond acceptors (Lipinski definition) is 3. The summed E-state index contributed by atoms with van der Waals surface area (Å²) in [7, 11) is 0. The van der Waals surface area contributed by atoms with E-state index < -0.39 is 0 Å². The second-order valence-corrected chi connectivity index (χ2v) is 4.89. The monoisotopic (exact) mass is 232 g/mol. The Morgan fingerprint density at radius 3 is 3.00 bits per heavy atom. The van der Waals surface area contributed by atoms with Crippen molar-refractivity contribution < 1.29 is 4.74 Å². The van der Waals surface area contributed by atoms with Crippen LogP contribution in [0.1, 0.15) is 18.0 Å². The van der Waals surface area contributed by atoms with Crippen molar-refractivity contribution in [1.82, 2.24) is 10.2 Å². The van der Waals surface area contributed by atoms with Crippen LogP contribution in [0.15, 0.2) is 30.3 Å². The SMILES string of the molecule is c1ccc(C2CNCCC3COCCN32)cc1. The summed E-state index contributed by atoms with van der Waals surface area (Å²) >= 11 is 0. The molecule has 2 heterocycles. The summed E-state index contributed by atoms with van der Waals surface area (Å²) in [6.45, 7) is 4.99. The molecule has 3 nitrogen and oxygen atoms in total. The number of ether oxygens (including phenoxy) is 1. The van der Waals surface area contributed by atoms with Crippen LogP contribution in [0.25, 0.3) is 0 Å². The molecule has 2 saturated heterocycles. The van der Waals surface area contributed by atoms with Crippen LogP contribution in [0.2, 0.25) is 0 Å². The van der Waals surface area contributed by atoms with Gasteiger partial charge in [-0.15, -0.1) is 0 Å². The molecule has 1 aromatic carbocycles. The van der Waals surface area contributed by atoms with Crippen molar-refractivity contribution in [3.63, 3.8) is 0 Å². The molecule has 0 saturated carbocycles. The largest absolute Gasteiger partial charge is 0.378 e. The van der Waals surface area contributed by atoms with Crippen molar-refractivity contribution in [2.45, 2.75) is 18.5 Å². The Hall–Kier alpha value is -0.900. The van der Waals surface area contributed by atoms with Gasteiger partial charge in [0.25, 0.3) is 0 Å². The summed E-state index contributed by atoms with van der Waals surface area (Å²) in [5, 5.41) is 3.55. The Bertz CT molecular complexity index is 354. The zero-order valence-electron chi connectivity index (χ0n) is 10.1. The van der Waals surface area contributed by atoms with E-state index in [0.717, 1.165) is 32.8 Å². The molecule has 2 atom stereocenters.